The summed E-state index contributed by atoms with van der Waals surface area (Å²) < 4.78 is 39.8. The van der Waals surface area contributed by atoms with Crippen LogP contribution in [0.15, 0.2) is 12.1 Å². The Morgan fingerprint density at radius 1 is 1.19 bits per heavy atom. The minimum Gasteiger partial charge on any atom is -0.481 e. The zero-order valence-electron chi connectivity index (χ0n) is 11.1. The number of halogens is 3. The second-order valence-corrected chi connectivity index (χ2v) is 4.97. The van der Waals surface area contributed by atoms with E-state index in [-0.39, 0.29) is 13.0 Å². The van der Waals surface area contributed by atoms with E-state index in [9.17, 15) is 22.8 Å². The van der Waals surface area contributed by atoms with Crippen molar-refractivity contribution in [3.63, 3.8) is 0 Å². The number of benzene rings is 1. The van der Waals surface area contributed by atoms with E-state index in [0.717, 1.165) is 12.5 Å². The lowest BCUT2D eigenvalue weighted by Gasteiger charge is -2.35. The molecule has 1 amide bonds. The summed E-state index contributed by atoms with van der Waals surface area (Å²) in [6.07, 6.45) is 1.66. The fourth-order valence-corrected chi connectivity index (χ4v) is 2.53. The molecule has 21 heavy (non-hydrogen) atoms. The quantitative estimate of drug-likeness (QED) is 0.873. The summed E-state index contributed by atoms with van der Waals surface area (Å²) in [5.74, 6) is -6.49. The normalized spacial score (nSPS) is 18.6. The van der Waals surface area contributed by atoms with Gasteiger partial charge in [0.2, 0.25) is 0 Å². The molecule has 1 aromatic rings. The van der Waals surface area contributed by atoms with Crippen LogP contribution in [0.3, 0.4) is 0 Å². The largest absolute Gasteiger partial charge is 0.481 e. The molecule has 0 bridgehead atoms. The highest BCUT2D eigenvalue weighted by molar-refractivity contribution is 5.95. The molecular weight excluding hydrogens is 287 g/mol. The Labute approximate surface area is 119 Å². The fourth-order valence-electron chi connectivity index (χ4n) is 2.53. The molecular formula is C14H14F3NO3. The molecule has 0 aliphatic carbocycles. The fraction of sp³-hybridized carbons (Fsp3) is 0.429. The molecule has 0 radical (unpaired) electrons. The molecule has 0 aromatic heterocycles. The summed E-state index contributed by atoms with van der Waals surface area (Å²) in [5.41, 5.74) is -0.578. The van der Waals surface area contributed by atoms with Crippen molar-refractivity contribution in [3.8, 4) is 0 Å². The monoisotopic (exact) mass is 301 g/mol. The molecule has 1 heterocycles. The molecule has 1 aliphatic rings. The number of hydrogen-bond donors (Lipinski definition) is 1. The first-order valence-corrected chi connectivity index (χ1v) is 6.58. The summed E-state index contributed by atoms with van der Waals surface area (Å²) in [7, 11) is 0. The van der Waals surface area contributed by atoms with Gasteiger partial charge in [0.05, 0.1) is 12.0 Å². The molecule has 7 heteroatoms. The topological polar surface area (TPSA) is 57.6 Å². The van der Waals surface area contributed by atoms with Gasteiger partial charge in [0, 0.05) is 12.6 Å². The van der Waals surface area contributed by atoms with Crippen molar-refractivity contribution in [1.82, 2.24) is 4.90 Å². The van der Waals surface area contributed by atoms with Crippen molar-refractivity contribution in [2.24, 2.45) is 0 Å². The van der Waals surface area contributed by atoms with E-state index in [1.165, 1.54) is 4.90 Å². The first kappa shape index (κ1) is 15.3. The average molecular weight is 301 g/mol. The van der Waals surface area contributed by atoms with Gasteiger partial charge in [-0.05, 0) is 31.4 Å². The van der Waals surface area contributed by atoms with Crippen LogP contribution in [0.4, 0.5) is 13.2 Å². The van der Waals surface area contributed by atoms with Crippen molar-refractivity contribution in [1.29, 1.82) is 0 Å². The Morgan fingerprint density at radius 2 is 1.90 bits per heavy atom. The summed E-state index contributed by atoms with van der Waals surface area (Å²) in [6, 6.07) is 1.00. The number of aliphatic carboxylic acids is 1. The van der Waals surface area contributed by atoms with E-state index in [0.29, 0.717) is 18.9 Å². The Morgan fingerprint density at radius 3 is 2.57 bits per heavy atom. The summed E-state index contributed by atoms with van der Waals surface area (Å²) in [4.78, 5) is 24.3. The summed E-state index contributed by atoms with van der Waals surface area (Å²) in [5, 5.41) is 8.85. The Bertz CT molecular complexity index is 577. The molecule has 0 saturated carbocycles. The minimum atomic E-state index is -1.70. The minimum absolute atomic E-state index is 0.253. The maximum absolute atomic E-state index is 13.7. The highest BCUT2D eigenvalue weighted by atomic mass is 19.2. The van der Waals surface area contributed by atoms with E-state index >= 15 is 0 Å². The molecule has 1 saturated heterocycles. The number of carbonyl (C=O) groups excluding carboxylic acids is 1. The van der Waals surface area contributed by atoms with Crippen molar-refractivity contribution < 1.29 is 27.9 Å². The van der Waals surface area contributed by atoms with Crippen LogP contribution in [-0.4, -0.2) is 34.5 Å². The maximum atomic E-state index is 13.7. The van der Waals surface area contributed by atoms with E-state index in [4.69, 9.17) is 5.11 Å². The maximum Gasteiger partial charge on any atom is 0.305 e. The van der Waals surface area contributed by atoms with Crippen LogP contribution in [-0.2, 0) is 4.79 Å². The molecule has 1 unspecified atom stereocenters. The predicted octanol–water partition coefficient (Wildman–Crippen LogP) is 2.57. The first-order valence-electron chi connectivity index (χ1n) is 6.58. The van der Waals surface area contributed by atoms with Crippen LogP contribution in [0, 0.1) is 17.5 Å². The highest BCUT2D eigenvalue weighted by Crippen LogP contribution is 2.24. The van der Waals surface area contributed by atoms with Crippen LogP contribution in [0.25, 0.3) is 0 Å². The van der Waals surface area contributed by atoms with Gasteiger partial charge in [0.15, 0.2) is 17.5 Å². The van der Waals surface area contributed by atoms with Crippen LogP contribution >= 0.6 is 0 Å². The van der Waals surface area contributed by atoms with Crippen LogP contribution < -0.4 is 0 Å². The SMILES string of the molecule is O=C(O)CC1CCCCN1C(=O)c1ccc(F)c(F)c1F. The number of rotatable bonds is 3. The molecule has 114 valence electrons. The number of amides is 1. The summed E-state index contributed by atoms with van der Waals surface area (Å²) in [6.45, 7) is 0.273. The van der Waals surface area contributed by atoms with Gasteiger partial charge >= 0.3 is 5.97 Å². The Hall–Kier alpha value is -2.05. The zero-order chi connectivity index (χ0) is 15.6. The van der Waals surface area contributed by atoms with E-state index in [2.05, 4.69) is 0 Å². The second-order valence-electron chi connectivity index (χ2n) is 4.97. The molecule has 4 nitrogen and oxygen atoms in total. The van der Waals surface area contributed by atoms with Gasteiger partial charge in [-0.1, -0.05) is 0 Å². The van der Waals surface area contributed by atoms with Gasteiger partial charge in [-0.25, -0.2) is 13.2 Å². The van der Waals surface area contributed by atoms with Gasteiger partial charge in [-0.3, -0.25) is 9.59 Å². The van der Waals surface area contributed by atoms with Gasteiger partial charge < -0.3 is 10.0 Å². The third-order valence-electron chi connectivity index (χ3n) is 3.56. The lowest BCUT2D eigenvalue weighted by atomic mass is 9.98. The van der Waals surface area contributed by atoms with Gasteiger partial charge in [0.1, 0.15) is 0 Å². The number of carboxylic acids is 1. The van der Waals surface area contributed by atoms with E-state index in [1.54, 1.807) is 0 Å². The third-order valence-corrected chi connectivity index (χ3v) is 3.56. The smallest absolute Gasteiger partial charge is 0.305 e. The van der Waals surface area contributed by atoms with E-state index < -0.39 is 40.9 Å². The van der Waals surface area contributed by atoms with Crippen LogP contribution in [0.2, 0.25) is 0 Å². The number of hydrogen-bond acceptors (Lipinski definition) is 2. The zero-order valence-corrected chi connectivity index (χ0v) is 11.1. The standard InChI is InChI=1S/C14H14F3NO3/c15-10-5-4-9(12(16)13(10)17)14(21)18-6-2-1-3-8(18)7-11(19)20/h4-5,8H,1-3,6-7H2,(H,19,20). The lowest BCUT2D eigenvalue weighted by molar-refractivity contribution is -0.138. The average Bonchev–Trinajstić information content (AvgIpc) is 2.44. The molecule has 1 N–H and O–H groups in total. The second kappa shape index (κ2) is 6.15. The number of carbonyl (C=O) groups is 2. The van der Waals surface area contributed by atoms with Crippen LogP contribution in [0.1, 0.15) is 36.0 Å². The van der Waals surface area contributed by atoms with Gasteiger partial charge in [0.25, 0.3) is 5.91 Å². The number of likely N-dealkylation sites (tertiary alicyclic amines) is 1. The molecule has 1 aliphatic heterocycles. The van der Waals surface area contributed by atoms with Crippen molar-refractivity contribution in [3.05, 3.63) is 35.1 Å². The molecule has 1 atom stereocenters. The van der Waals surface area contributed by atoms with Crippen molar-refractivity contribution in [2.45, 2.75) is 31.7 Å². The Kier molecular flexibility index (Phi) is 4.50. The third kappa shape index (κ3) is 3.17. The number of nitrogens with zero attached hydrogens (tertiary/aromatic N) is 1. The van der Waals surface area contributed by atoms with Gasteiger partial charge in [-0.15, -0.1) is 0 Å². The number of piperidine rings is 1. The Balaban J connectivity index is 2.29. The van der Waals surface area contributed by atoms with Gasteiger partial charge in [-0.2, -0.15) is 0 Å². The first-order chi connectivity index (χ1) is 9.91. The highest BCUT2D eigenvalue weighted by Gasteiger charge is 2.31. The molecule has 1 aromatic carbocycles. The van der Waals surface area contributed by atoms with Crippen molar-refractivity contribution >= 4 is 11.9 Å². The van der Waals surface area contributed by atoms with E-state index in [1.807, 2.05) is 0 Å². The van der Waals surface area contributed by atoms with Crippen molar-refractivity contribution in [2.75, 3.05) is 6.54 Å². The lowest BCUT2D eigenvalue weighted by Crippen LogP contribution is -2.45. The molecule has 2 rings (SSSR count). The number of carboxylic acid groups (broad SMARTS) is 1. The predicted molar refractivity (Wildman–Crippen MR) is 67.2 cm³/mol. The molecule has 0 spiro atoms. The van der Waals surface area contributed by atoms with Crippen LogP contribution in [0.5, 0.6) is 0 Å². The molecule has 1 fully saturated rings. The summed E-state index contributed by atoms with van der Waals surface area (Å²) >= 11 is 0.